The lowest BCUT2D eigenvalue weighted by Crippen LogP contribution is -2.23. The lowest BCUT2D eigenvalue weighted by atomic mass is 10.2. The second-order valence-corrected chi connectivity index (χ2v) is 5.15. The molecule has 0 fully saturated rings. The Morgan fingerprint density at radius 3 is 2.81 bits per heavy atom. The van der Waals surface area contributed by atoms with Crippen LogP contribution < -0.4 is 10.3 Å². The van der Waals surface area contributed by atoms with E-state index in [1.807, 2.05) is 18.2 Å². The maximum absolute atomic E-state index is 12.2. The summed E-state index contributed by atoms with van der Waals surface area (Å²) in [6.07, 6.45) is 1.65. The fourth-order valence-electron chi connectivity index (χ4n) is 1.88. The van der Waals surface area contributed by atoms with E-state index >= 15 is 0 Å². The normalized spacial score (nSPS) is 11.7. The average molecular weight is 303 g/mol. The van der Waals surface area contributed by atoms with E-state index in [1.54, 1.807) is 31.3 Å². The molecule has 0 aliphatic rings. The van der Waals surface area contributed by atoms with Gasteiger partial charge in [-0.1, -0.05) is 29.8 Å². The predicted octanol–water partition coefficient (Wildman–Crippen LogP) is 3.24. The zero-order valence-corrected chi connectivity index (χ0v) is 12.4. The van der Waals surface area contributed by atoms with Crippen molar-refractivity contribution in [2.75, 3.05) is 0 Å². The van der Waals surface area contributed by atoms with Gasteiger partial charge >= 0.3 is 0 Å². The van der Waals surface area contributed by atoms with Crippen molar-refractivity contribution in [3.8, 4) is 11.8 Å². The fourth-order valence-corrected chi connectivity index (χ4v) is 2.07. The highest BCUT2D eigenvalue weighted by atomic mass is 35.5. The SMILES string of the molecule is CC(C#N)Cn1cccc(OCc2ccccc2Cl)c1=O. The molecular weight excluding hydrogens is 288 g/mol. The zero-order chi connectivity index (χ0) is 15.2. The smallest absolute Gasteiger partial charge is 0.292 e. The number of rotatable bonds is 5. The molecule has 1 unspecified atom stereocenters. The zero-order valence-electron chi connectivity index (χ0n) is 11.6. The first-order valence-corrected chi connectivity index (χ1v) is 6.95. The molecule has 108 valence electrons. The second kappa shape index (κ2) is 6.96. The van der Waals surface area contributed by atoms with Crippen molar-refractivity contribution in [2.24, 2.45) is 5.92 Å². The maximum atomic E-state index is 12.2. The summed E-state index contributed by atoms with van der Waals surface area (Å²) in [5.74, 6) is 0.0177. The molecule has 0 aliphatic heterocycles. The minimum absolute atomic E-state index is 0.229. The number of nitriles is 1. The first-order chi connectivity index (χ1) is 10.1. The van der Waals surface area contributed by atoms with E-state index in [0.717, 1.165) is 5.56 Å². The van der Waals surface area contributed by atoms with Gasteiger partial charge in [0.1, 0.15) is 6.61 Å². The van der Waals surface area contributed by atoms with E-state index < -0.39 is 0 Å². The molecule has 2 aromatic rings. The van der Waals surface area contributed by atoms with Gasteiger partial charge in [0.2, 0.25) is 0 Å². The Hall–Kier alpha value is -2.25. The molecule has 1 heterocycles. The Morgan fingerprint density at radius 2 is 2.10 bits per heavy atom. The van der Waals surface area contributed by atoms with E-state index in [2.05, 4.69) is 6.07 Å². The molecule has 0 aliphatic carbocycles. The van der Waals surface area contributed by atoms with Crippen LogP contribution in [0.5, 0.6) is 5.75 Å². The first-order valence-electron chi connectivity index (χ1n) is 6.57. The van der Waals surface area contributed by atoms with Gasteiger partial charge in [0.05, 0.1) is 12.0 Å². The van der Waals surface area contributed by atoms with Crippen molar-refractivity contribution in [2.45, 2.75) is 20.1 Å². The van der Waals surface area contributed by atoms with Crippen molar-refractivity contribution in [3.63, 3.8) is 0 Å². The van der Waals surface area contributed by atoms with Crippen LogP contribution in [0.1, 0.15) is 12.5 Å². The monoisotopic (exact) mass is 302 g/mol. The van der Waals surface area contributed by atoms with Gasteiger partial charge in [-0.2, -0.15) is 5.26 Å². The number of pyridine rings is 1. The van der Waals surface area contributed by atoms with Crippen molar-refractivity contribution in [1.29, 1.82) is 5.26 Å². The summed E-state index contributed by atoms with van der Waals surface area (Å²) in [6.45, 7) is 2.34. The molecule has 0 N–H and O–H groups in total. The molecule has 21 heavy (non-hydrogen) atoms. The second-order valence-electron chi connectivity index (χ2n) is 4.74. The van der Waals surface area contributed by atoms with Crippen LogP contribution in [-0.4, -0.2) is 4.57 Å². The van der Waals surface area contributed by atoms with E-state index in [-0.39, 0.29) is 23.8 Å². The Bertz CT molecular complexity index is 719. The van der Waals surface area contributed by atoms with Gasteiger partial charge in [-0.15, -0.1) is 0 Å². The summed E-state index contributed by atoms with van der Waals surface area (Å²) in [6, 6.07) is 12.8. The van der Waals surface area contributed by atoms with Crippen LogP contribution in [0.2, 0.25) is 5.02 Å². The lowest BCUT2D eigenvalue weighted by Gasteiger charge is -2.11. The maximum Gasteiger partial charge on any atom is 0.292 e. The average Bonchev–Trinajstić information content (AvgIpc) is 2.49. The van der Waals surface area contributed by atoms with E-state index in [0.29, 0.717) is 11.6 Å². The highest BCUT2D eigenvalue weighted by Gasteiger charge is 2.08. The molecule has 1 atom stereocenters. The Morgan fingerprint density at radius 1 is 1.33 bits per heavy atom. The highest BCUT2D eigenvalue weighted by Crippen LogP contribution is 2.16. The topological polar surface area (TPSA) is 55.0 Å². The Balaban J connectivity index is 2.15. The molecule has 0 amide bonds. The molecule has 0 spiro atoms. The van der Waals surface area contributed by atoms with Crippen molar-refractivity contribution >= 4 is 11.6 Å². The molecule has 4 nitrogen and oxygen atoms in total. The van der Waals surface area contributed by atoms with Gasteiger partial charge in [0.25, 0.3) is 5.56 Å². The summed E-state index contributed by atoms with van der Waals surface area (Å²) in [5, 5.41) is 9.43. The van der Waals surface area contributed by atoms with E-state index in [1.165, 1.54) is 4.57 Å². The molecule has 0 saturated heterocycles. The van der Waals surface area contributed by atoms with Crippen molar-refractivity contribution in [1.82, 2.24) is 4.57 Å². The highest BCUT2D eigenvalue weighted by molar-refractivity contribution is 6.31. The predicted molar refractivity (Wildman–Crippen MR) is 81.3 cm³/mol. The molecule has 0 radical (unpaired) electrons. The molecular formula is C16H15ClN2O2. The first kappa shape index (κ1) is 15.1. The third kappa shape index (κ3) is 3.87. The minimum Gasteiger partial charge on any atom is -0.483 e. The fraction of sp³-hybridized carbons (Fsp3) is 0.250. The van der Waals surface area contributed by atoms with Crippen LogP contribution in [0, 0.1) is 17.2 Å². The van der Waals surface area contributed by atoms with Crippen LogP contribution in [0.25, 0.3) is 0 Å². The molecule has 1 aromatic carbocycles. The molecule has 0 saturated carbocycles. The van der Waals surface area contributed by atoms with Crippen molar-refractivity contribution in [3.05, 3.63) is 63.5 Å². The number of ether oxygens (including phenoxy) is 1. The van der Waals surface area contributed by atoms with Gasteiger partial charge in [-0.05, 0) is 25.1 Å². The van der Waals surface area contributed by atoms with Gasteiger partial charge in [-0.3, -0.25) is 4.79 Å². The standard InChI is InChI=1S/C16H15ClN2O2/c1-12(9-18)10-19-8-4-7-15(16(19)20)21-11-13-5-2-3-6-14(13)17/h2-8,12H,10-11H2,1H3. The van der Waals surface area contributed by atoms with Crippen LogP contribution in [0.3, 0.4) is 0 Å². The van der Waals surface area contributed by atoms with Gasteiger partial charge in [0, 0.05) is 23.3 Å². The number of nitrogens with zero attached hydrogens (tertiary/aromatic N) is 2. The quantitative estimate of drug-likeness (QED) is 0.852. The lowest BCUT2D eigenvalue weighted by molar-refractivity contribution is 0.298. The van der Waals surface area contributed by atoms with Crippen LogP contribution in [-0.2, 0) is 13.2 Å². The summed E-state index contributed by atoms with van der Waals surface area (Å²) < 4.78 is 7.04. The molecule has 1 aromatic heterocycles. The summed E-state index contributed by atoms with van der Waals surface area (Å²) in [5.41, 5.74) is 0.575. The Labute approximate surface area is 128 Å². The van der Waals surface area contributed by atoms with Gasteiger partial charge in [0.15, 0.2) is 5.75 Å². The number of benzene rings is 1. The van der Waals surface area contributed by atoms with Gasteiger partial charge < -0.3 is 9.30 Å². The molecule has 5 heteroatoms. The molecule has 2 rings (SSSR count). The molecule has 0 bridgehead atoms. The minimum atomic E-state index is -0.244. The van der Waals surface area contributed by atoms with E-state index in [9.17, 15) is 4.79 Å². The van der Waals surface area contributed by atoms with Crippen LogP contribution in [0.4, 0.5) is 0 Å². The van der Waals surface area contributed by atoms with Crippen LogP contribution in [0.15, 0.2) is 47.4 Å². The van der Waals surface area contributed by atoms with Gasteiger partial charge in [-0.25, -0.2) is 0 Å². The third-order valence-corrected chi connectivity index (χ3v) is 3.39. The summed E-state index contributed by atoms with van der Waals surface area (Å²) in [4.78, 5) is 12.2. The van der Waals surface area contributed by atoms with Crippen molar-refractivity contribution < 1.29 is 4.74 Å². The largest absolute Gasteiger partial charge is 0.483 e. The summed E-state index contributed by atoms with van der Waals surface area (Å²) >= 11 is 6.05. The third-order valence-electron chi connectivity index (χ3n) is 3.02. The summed E-state index contributed by atoms with van der Waals surface area (Å²) in [7, 11) is 0. The number of aromatic nitrogens is 1. The van der Waals surface area contributed by atoms with Crippen LogP contribution >= 0.6 is 11.6 Å². The number of hydrogen-bond donors (Lipinski definition) is 0. The Kier molecular flexibility index (Phi) is 5.02. The van der Waals surface area contributed by atoms with E-state index in [4.69, 9.17) is 21.6 Å². The number of halogens is 1. The number of hydrogen-bond acceptors (Lipinski definition) is 3.